The van der Waals surface area contributed by atoms with Crippen molar-refractivity contribution in [3.63, 3.8) is 0 Å². The average Bonchev–Trinajstić information content (AvgIpc) is 2.68. The van der Waals surface area contributed by atoms with Crippen LogP contribution < -0.4 is 5.32 Å². The maximum absolute atomic E-state index is 3.68. The van der Waals surface area contributed by atoms with Gasteiger partial charge in [-0.3, -0.25) is 0 Å². The fourth-order valence-corrected chi connectivity index (χ4v) is 2.05. The fraction of sp³-hybridized carbons (Fsp3) is 1.00. The molecule has 0 amide bonds. The molecule has 1 N–H and O–H groups in total. The summed E-state index contributed by atoms with van der Waals surface area (Å²) in [5.74, 6) is 1.06. The normalized spacial score (nSPS) is 41.7. The molecule has 10 heavy (non-hydrogen) atoms. The van der Waals surface area contributed by atoms with Gasteiger partial charge < -0.3 is 5.32 Å². The van der Waals surface area contributed by atoms with E-state index in [9.17, 15) is 0 Å². The average molecular weight is 139 g/mol. The van der Waals surface area contributed by atoms with E-state index in [0.717, 1.165) is 18.0 Å². The lowest BCUT2D eigenvalue weighted by molar-refractivity contribution is 0.310. The third-order valence-corrected chi connectivity index (χ3v) is 2.84. The second-order valence-electron chi connectivity index (χ2n) is 3.94. The Morgan fingerprint density at radius 1 is 1.10 bits per heavy atom. The largest absolute Gasteiger partial charge is 0.311 e. The molecule has 1 aliphatic carbocycles. The van der Waals surface area contributed by atoms with Gasteiger partial charge in [-0.25, -0.2) is 0 Å². The molecule has 0 radical (unpaired) electrons. The monoisotopic (exact) mass is 139 g/mol. The van der Waals surface area contributed by atoms with Gasteiger partial charge in [0.15, 0.2) is 0 Å². The van der Waals surface area contributed by atoms with Crippen LogP contribution in [0.4, 0.5) is 0 Å². The highest BCUT2D eigenvalue weighted by Crippen LogP contribution is 2.36. The van der Waals surface area contributed by atoms with Crippen LogP contribution in [-0.4, -0.2) is 12.1 Å². The highest BCUT2D eigenvalue weighted by Gasteiger charge is 2.32. The Balaban J connectivity index is 1.84. The van der Waals surface area contributed by atoms with Crippen LogP contribution in [0.3, 0.4) is 0 Å². The quantitative estimate of drug-likeness (QED) is 0.585. The van der Waals surface area contributed by atoms with Gasteiger partial charge in [-0.05, 0) is 38.5 Å². The first-order valence-corrected chi connectivity index (χ1v) is 4.62. The summed E-state index contributed by atoms with van der Waals surface area (Å²) in [5.41, 5.74) is 0. The van der Waals surface area contributed by atoms with E-state index < -0.39 is 0 Å². The van der Waals surface area contributed by atoms with Crippen molar-refractivity contribution in [1.82, 2.24) is 5.32 Å². The first-order chi connectivity index (χ1) is 4.86. The maximum atomic E-state index is 3.68. The standard InChI is InChI=1S/C9H17N/c1-7-3-2-4-9(10-7)8-5-6-8/h7-10H,2-6H2,1H3/t7-,9-/m1/s1. The van der Waals surface area contributed by atoms with Gasteiger partial charge in [-0.1, -0.05) is 6.42 Å². The minimum Gasteiger partial charge on any atom is -0.311 e. The van der Waals surface area contributed by atoms with Crippen molar-refractivity contribution >= 4 is 0 Å². The number of nitrogens with one attached hydrogen (secondary N) is 1. The molecule has 1 heteroatoms. The minimum atomic E-state index is 0.791. The molecule has 0 aromatic carbocycles. The molecule has 1 saturated carbocycles. The smallest absolute Gasteiger partial charge is 0.00978 e. The molecule has 0 aromatic heterocycles. The molecule has 2 rings (SSSR count). The number of hydrogen-bond acceptors (Lipinski definition) is 1. The van der Waals surface area contributed by atoms with Gasteiger partial charge in [0.2, 0.25) is 0 Å². The Kier molecular flexibility index (Phi) is 1.69. The highest BCUT2D eigenvalue weighted by atomic mass is 15.0. The number of piperidine rings is 1. The van der Waals surface area contributed by atoms with Crippen LogP contribution in [0.25, 0.3) is 0 Å². The molecule has 2 atom stereocenters. The lowest BCUT2D eigenvalue weighted by atomic mass is 9.97. The first-order valence-electron chi connectivity index (χ1n) is 4.62. The predicted octanol–water partition coefficient (Wildman–Crippen LogP) is 1.93. The van der Waals surface area contributed by atoms with Crippen molar-refractivity contribution in [1.29, 1.82) is 0 Å². The summed E-state index contributed by atoms with van der Waals surface area (Å²) in [6, 6.07) is 1.68. The summed E-state index contributed by atoms with van der Waals surface area (Å²) in [5, 5.41) is 3.68. The van der Waals surface area contributed by atoms with E-state index in [-0.39, 0.29) is 0 Å². The molecule has 2 fully saturated rings. The second kappa shape index (κ2) is 2.54. The molecule has 1 aliphatic heterocycles. The molecule has 1 heterocycles. The Morgan fingerprint density at radius 2 is 1.90 bits per heavy atom. The van der Waals surface area contributed by atoms with Crippen LogP contribution in [0.2, 0.25) is 0 Å². The third kappa shape index (κ3) is 1.34. The summed E-state index contributed by atoms with van der Waals surface area (Å²) in [7, 11) is 0. The van der Waals surface area contributed by atoms with E-state index in [2.05, 4.69) is 12.2 Å². The zero-order valence-corrected chi connectivity index (χ0v) is 6.77. The predicted molar refractivity (Wildman–Crippen MR) is 43.0 cm³/mol. The van der Waals surface area contributed by atoms with Gasteiger partial charge in [-0.2, -0.15) is 0 Å². The van der Waals surface area contributed by atoms with Crippen LogP contribution in [0.1, 0.15) is 39.0 Å². The molecule has 0 unspecified atom stereocenters. The lowest BCUT2D eigenvalue weighted by Crippen LogP contribution is -2.41. The highest BCUT2D eigenvalue weighted by molar-refractivity contribution is 4.90. The number of hydrogen-bond donors (Lipinski definition) is 1. The van der Waals surface area contributed by atoms with Gasteiger partial charge in [0.1, 0.15) is 0 Å². The summed E-state index contributed by atoms with van der Waals surface area (Å²) in [6.07, 6.45) is 7.27. The molecule has 58 valence electrons. The summed E-state index contributed by atoms with van der Waals surface area (Å²) in [6.45, 7) is 2.31. The fourth-order valence-electron chi connectivity index (χ4n) is 2.05. The second-order valence-corrected chi connectivity index (χ2v) is 3.94. The summed E-state index contributed by atoms with van der Waals surface area (Å²) >= 11 is 0. The first kappa shape index (κ1) is 6.66. The van der Waals surface area contributed by atoms with Crippen LogP contribution >= 0.6 is 0 Å². The van der Waals surface area contributed by atoms with E-state index in [1.54, 1.807) is 0 Å². The van der Waals surface area contributed by atoms with E-state index in [4.69, 9.17) is 0 Å². The molecule has 2 aliphatic rings. The Hall–Kier alpha value is -0.0400. The maximum Gasteiger partial charge on any atom is 0.00978 e. The molecule has 0 spiro atoms. The molecule has 1 saturated heterocycles. The molecular weight excluding hydrogens is 122 g/mol. The zero-order chi connectivity index (χ0) is 6.97. The van der Waals surface area contributed by atoms with E-state index >= 15 is 0 Å². The number of rotatable bonds is 1. The van der Waals surface area contributed by atoms with Gasteiger partial charge >= 0.3 is 0 Å². The Bertz CT molecular complexity index is 118. The van der Waals surface area contributed by atoms with Crippen LogP contribution in [-0.2, 0) is 0 Å². The van der Waals surface area contributed by atoms with Crippen LogP contribution in [0.15, 0.2) is 0 Å². The van der Waals surface area contributed by atoms with E-state index in [1.165, 1.54) is 32.1 Å². The van der Waals surface area contributed by atoms with Gasteiger partial charge in [0.05, 0.1) is 0 Å². The van der Waals surface area contributed by atoms with E-state index in [0.29, 0.717) is 0 Å². The molecular formula is C9H17N. The zero-order valence-electron chi connectivity index (χ0n) is 6.77. The van der Waals surface area contributed by atoms with Crippen molar-refractivity contribution in [3.05, 3.63) is 0 Å². The van der Waals surface area contributed by atoms with Crippen molar-refractivity contribution in [3.8, 4) is 0 Å². The molecule has 0 aromatic rings. The van der Waals surface area contributed by atoms with Crippen molar-refractivity contribution in [2.45, 2.75) is 51.1 Å². The SMILES string of the molecule is C[C@@H]1CCC[C@H](C2CC2)N1. The van der Waals surface area contributed by atoms with Crippen LogP contribution in [0, 0.1) is 5.92 Å². The topological polar surface area (TPSA) is 12.0 Å². The molecule has 1 nitrogen and oxygen atoms in total. The Labute approximate surface area is 63.2 Å². The molecule has 0 bridgehead atoms. The Morgan fingerprint density at radius 3 is 2.50 bits per heavy atom. The third-order valence-electron chi connectivity index (χ3n) is 2.84. The summed E-state index contributed by atoms with van der Waals surface area (Å²) in [4.78, 5) is 0. The minimum absolute atomic E-state index is 0.791. The van der Waals surface area contributed by atoms with Crippen molar-refractivity contribution < 1.29 is 0 Å². The van der Waals surface area contributed by atoms with Crippen molar-refractivity contribution in [2.24, 2.45) is 5.92 Å². The van der Waals surface area contributed by atoms with Crippen molar-refractivity contribution in [2.75, 3.05) is 0 Å². The van der Waals surface area contributed by atoms with Crippen LogP contribution in [0.5, 0.6) is 0 Å². The van der Waals surface area contributed by atoms with Gasteiger partial charge in [0, 0.05) is 12.1 Å². The lowest BCUT2D eigenvalue weighted by Gasteiger charge is -2.28. The van der Waals surface area contributed by atoms with Gasteiger partial charge in [-0.15, -0.1) is 0 Å². The van der Waals surface area contributed by atoms with Gasteiger partial charge in [0.25, 0.3) is 0 Å². The van der Waals surface area contributed by atoms with E-state index in [1.807, 2.05) is 0 Å². The summed E-state index contributed by atoms with van der Waals surface area (Å²) < 4.78 is 0.